The van der Waals surface area contributed by atoms with Gasteiger partial charge in [-0.05, 0) is 31.2 Å². The van der Waals surface area contributed by atoms with Gasteiger partial charge >= 0.3 is 0 Å². The number of hydrogen-bond donors (Lipinski definition) is 2. The van der Waals surface area contributed by atoms with E-state index in [1.54, 1.807) is 6.20 Å². The van der Waals surface area contributed by atoms with Gasteiger partial charge in [-0.1, -0.05) is 6.92 Å². The van der Waals surface area contributed by atoms with Crippen LogP contribution in [-0.2, 0) is 6.54 Å². The summed E-state index contributed by atoms with van der Waals surface area (Å²) in [6, 6.07) is 2.38. The fourth-order valence-electron chi connectivity index (χ4n) is 2.10. The van der Waals surface area contributed by atoms with Gasteiger partial charge in [-0.15, -0.1) is 0 Å². The molecule has 1 fully saturated rings. The van der Waals surface area contributed by atoms with Crippen LogP contribution in [0, 0.1) is 5.92 Å². The third kappa shape index (κ3) is 2.65. The molecule has 0 amide bonds. The van der Waals surface area contributed by atoms with E-state index in [2.05, 4.69) is 22.2 Å². The second-order valence-electron chi connectivity index (χ2n) is 4.34. The average Bonchev–Trinajstić information content (AvgIpc) is 2.64. The predicted molar refractivity (Wildman–Crippen MR) is 60.3 cm³/mol. The number of hydrogen-bond acceptors (Lipinski definition) is 4. The van der Waals surface area contributed by atoms with Crippen molar-refractivity contribution in [2.24, 2.45) is 11.7 Å². The van der Waals surface area contributed by atoms with Crippen LogP contribution in [0.5, 0.6) is 0 Å². The molecular formula is C11H18N4. The van der Waals surface area contributed by atoms with Gasteiger partial charge in [0.15, 0.2) is 0 Å². The molecule has 82 valence electrons. The third-order valence-corrected chi connectivity index (χ3v) is 2.95. The van der Waals surface area contributed by atoms with Crippen LogP contribution < -0.4 is 11.1 Å². The molecule has 0 aromatic carbocycles. The lowest BCUT2D eigenvalue weighted by Crippen LogP contribution is -2.18. The molecule has 3 N–H and O–H groups in total. The number of aromatic nitrogens is 2. The Balaban J connectivity index is 1.98. The Morgan fingerprint density at radius 2 is 2.40 bits per heavy atom. The first-order valence-electron chi connectivity index (χ1n) is 5.56. The van der Waals surface area contributed by atoms with Crippen LogP contribution in [0.25, 0.3) is 0 Å². The topological polar surface area (TPSA) is 63.8 Å². The maximum atomic E-state index is 5.53. The molecule has 1 aromatic rings. The Morgan fingerprint density at radius 3 is 3.07 bits per heavy atom. The fourth-order valence-corrected chi connectivity index (χ4v) is 2.10. The van der Waals surface area contributed by atoms with Crippen molar-refractivity contribution in [3.63, 3.8) is 0 Å². The molecule has 2 unspecified atom stereocenters. The molecule has 1 heterocycles. The summed E-state index contributed by atoms with van der Waals surface area (Å²) < 4.78 is 0. The van der Waals surface area contributed by atoms with Gasteiger partial charge in [0.2, 0.25) is 5.95 Å². The zero-order valence-corrected chi connectivity index (χ0v) is 9.11. The molecule has 4 nitrogen and oxygen atoms in total. The summed E-state index contributed by atoms with van der Waals surface area (Å²) in [5.41, 5.74) is 6.42. The quantitative estimate of drug-likeness (QED) is 0.787. The van der Waals surface area contributed by atoms with Gasteiger partial charge in [-0.25, -0.2) is 9.97 Å². The van der Waals surface area contributed by atoms with E-state index in [9.17, 15) is 0 Å². The first-order valence-corrected chi connectivity index (χ1v) is 5.56. The molecule has 0 spiro atoms. The zero-order valence-electron chi connectivity index (χ0n) is 9.11. The van der Waals surface area contributed by atoms with Crippen LogP contribution in [0.1, 0.15) is 31.9 Å². The fraction of sp³-hybridized carbons (Fsp3) is 0.636. The summed E-state index contributed by atoms with van der Waals surface area (Å²) in [6.07, 6.45) is 5.50. The number of nitrogens with two attached hydrogens (primary N) is 1. The van der Waals surface area contributed by atoms with E-state index in [-0.39, 0.29) is 0 Å². The van der Waals surface area contributed by atoms with Crippen molar-refractivity contribution >= 4 is 5.95 Å². The zero-order chi connectivity index (χ0) is 10.7. The summed E-state index contributed by atoms with van der Waals surface area (Å²) in [7, 11) is 0. The predicted octanol–water partition coefficient (Wildman–Crippen LogP) is 1.54. The molecule has 4 heteroatoms. The SMILES string of the molecule is CC1CCC(Nc2nccc(CN)n2)C1. The lowest BCUT2D eigenvalue weighted by molar-refractivity contribution is 0.601. The summed E-state index contributed by atoms with van der Waals surface area (Å²) in [5.74, 6) is 1.54. The van der Waals surface area contributed by atoms with Crippen LogP contribution in [0.3, 0.4) is 0 Å². The van der Waals surface area contributed by atoms with E-state index in [4.69, 9.17) is 5.73 Å². The standard InChI is InChI=1S/C11H18N4/c1-8-2-3-9(6-8)14-11-13-5-4-10(7-12)15-11/h4-5,8-9H,2-3,6-7,12H2,1H3,(H,13,14,15). The van der Waals surface area contributed by atoms with Crippen molar-refractivity contribution in [3.8, 4) is 0 Å². The number of rotatable bonds is 3. The minimum atomic E-state index is 0.471. The van der Waals surface area contributed by atoms with Gasteiger partial charge in [0, 0.05) is 18.8 Å². The van der Waals surface area contributed by atoms with Gasteiger partial charge in [0.05, 0.1) is 5.69 Å². The number of nitrogens with one attached hydrogen (secondary N) is 1. The monoisotopic (exact) mass is 206 g/mol. The molecule has 15 heavy (non-hydrogen) atoms. The highest BCUT2D eigenvalue weighted by atomic mass is 15.1. The van der Waals surface area contributed by atoms with E-state index in [0.717, 1.165) is 17.6 Å². The summed E-state index contributed by atoms with van der Waals surface area (Å²) in [5, 5.41) is 3.37. The van der Waals surface area contributed by atoms with Gasteiger partial charge in [0.25, 0.3) is 0 Å². The Bertz CT molecular complexity index is 326. The van der Waals surface area contributed by atoms with E-state index < -0.39 is 0 Å². The van der Waals surface area contributed by atoms with Gasteiger partial charge in [0.1, 0.15) is 0 Å². The van der Waals surface area contributed by atoms with Crippen molar-refractivity contribution in [1.82, 2.24) is 9.97 Å². The minimum Gasteiger partial charge on any atom is -0.351 e. The molecule has 1 aliphatic carbocycles. The molecular weight excluding hydrogens is 188 g/mol. The maximum Gasteiger partial charge on any atom is 0.223 e. The third-order valence-electron chi connectivity index (χ3n) is 2.95. The average molecular weight is 206 g/mol. The molecule has 2 atom stereocenters. The number of nitrogens with zero attached hydrogens (tertiary/aromatic N) is 2. The summed E-state index contributed by atoms with van der Waals surface area (Å²) >= 11 is 0. The molecule has 0 saturated heterocycles. The minimum absolute atomic E-state index is 0.471. The van der Waals surface area contributed by atoms with Crippen LogP contribution in [0.15, 0.2) is 12.3 Å². The molecule has 1 aromatic heterocycles. The van der Waals surface area contributed by atoms with Crippen LogP contribution in [0.4, 0.5) is 5.95 Å². The highest BCUT2D eigenvalue weighted by molar-refractivity contribution is 5.27. The maximum absolute atomic E-state index is 5.53. The summed E-state index contributed by atoms with van der Waals surface area (Å²) in [6.45, 7) is 2.76. The lowest BCUT2D eigenvalue weighted by Gasteiger charge is -2.12. The van der Waals surface area contributed by atoms with E-state index in [0.29, 0.717) is 12.6 Å². The van der Waals surface area contributed by atoms with Crippen LogP contribution >= 0.6 is 0 Å². The first kappa shape index (κ1) is 10.4. The lowest BCUT2D eigenvalue weighted by atomic mass is 10.1. The van der Waals surface area contributed by atoms with Gasteiger partial charge < -0.3 is 11.1 Å². The van der Waals surface area contributed by atoms with Crippen molar-refractivity contribution in [2.45, 2.75) is 38.8 Å². The summed E-state index contributed by atoms with van der Waals surface area (Å²) in [4.78, 5) is 8.53. The van der Waals surface area contributed by atoms with Gasteiger partial charge in [-0.3, -0.25) is 0 Å². The largest absolute Gasteiger partial charge is 0.351 e. The second-order valence-corrected chi connectivity index (χ2v) is 4.34. The highest BCUT2D eigenvalue weighted by Crippen LogP contribution is 2.26. The van der Waals surface area contributed by atoms with Crippen molar-refractivity contribution < 1.29 is 0 Å². The van der Waals surface area contributed by atoms with E-state index in [1.807, 2.05) is 6.07 Å². The Hall–Kier alpha value is -1.16. The Labute approximate surface area is 90.3 Å². The molecule has 1 saturated carbocycles. The van der Waals surface area contributed by atoms with Gasteiger partial charge in [-0.2, -0.15) is 0 Å². The first-order chi connectivity index (χ1) is 7.28. The van der Waals surface area contributed by atoms with Crippen molar-refractivity contribution in [1.29, 1.82) is 0 Å². The molecule has 0 bridgehead atoms. The normalized spacial score (nSPS) is 25.5. The highest BCUT2D eigenvalue weighted by Gasteiger charge is 2.21. The second kappa shape index (κ2) is 4.57. The number of anilines is 1. The van der Waals surface area contributed by atoms with Crippen molar-refractivity contribution in [3.05, 3.63) is 18.0 Å². The van der Waals surface area contributed by atoms with E-state index in [1.165, 1.54) is 19.3 Å². The molecule has 0 radical (unpaired) electrons. The smallest absolute Gasteiger partial charge is 0.223 e. The molecule has 0 aliphatic heterocycles. The van der Waals surface area contributed by atoms with E-state index >= 15 is 0 Å². The van der Waals surface area contributed by atoms with Crippen LogP contribution in [-0.4, -0.2) is 16.0 Å². The molecule has 2 rings (SSSR count). The Kier molecular flexibility index (Phi) is 3.16. The van der Waals surface area contributed by atoms with Crippen LogP contribution in [0.2, 0.25) is 0 Å². The van der Waals surface area contributed by atoms with Crippen molar-refractivity contribution in [2.75, 3.05) is 5.32 Å². The molecule has 1 aliphatic rings. The Morgan fingerprint density at radius 1 is 1.53 bits per heavy atom.